The Kier molecular flexibility index (Phi) is 9.76. The SMILES string of the molecule is CN(C)CCNC(=O)c1cc(-c2cnc(NCc3ccccc3)nc2)cn1C.O=C(O)C(F)(F)F. The molecule has 1 aromatic carbocycles. The Bertz CT molecular complexity index is 1100. The summed E-state index contributed by atoms with van der Waals surface area (Å²) in [7, 11) is 5.82. The molecule has 1 amide bonds. The van der Waals surface area contributed by atoms with Gasteiger partial charge in [-0.3, -0.25) is 4.79 Å². The van der Waals surface area contributed by atoms with Gasteiger partial charge < -0.3 is 25.2 Å². The van der Waals surface area contributed by atoms with Crippen LogP contribution in [0.5, 0.6) is 0 Å². The molecule has 0 saturated carbocycles. The minimum atomic E-state index is -5.08. The third-order valence-corrected chi connectivity index (χ3v) is 4.60. The van der Waals surface area contributed by atoms with Gasteiger partial charge in [0.2, 0.25) is 5.95 Å². The first-order chi connectivity index (χ1) is 16.5. The smallest absolute Gasteiger partial charge is 0.475 e. The molecule has 0 atom stereocenters. The number of hydrogen-bond acceptors (Lipinski definition) is 6. The van der Waals surface area contributed by atoms with Crippen LogP contribution < -0.4 is 10.6 Å². The summed E-state index contributed by atoms with van der Waals surface area (Å²) in [6.07, 6.45) is 0.364. The van der Waals surface area contributed by atoms with Gasteiger partial charge in [-0.15, -0.1) is 0 Å². The minimum absolute atomic E-state index is 0.0855. The first kappa shape index (κ1) is 27.3. The predicted molar refractivity (Wildman–Crippen MR) is 125 cm³/mol. The number of carbonyl (C=O) groups is 2. The lowest BCUT2D eigenvalue weighted by Crippen LogP contribution is -2.32. The van der Waals surface area contributed by atoms with E-state index in [9.17, 15) is 18.0 Å². The van der Waals surface area contributed by atoms with Crippen LogP contribution in [0.25, 0.3) is 11.1 Å². The van der Waals surface area contributed by atoms with E-state index in [4.69, 9.17) is 9.90 Å². The maximum Gasteiger partial charge on any atom is 0.490 e. The van der Waals surface area contributed by atoms with Crippen molar-refractivity contribution in [1.82, 2.24) is 24.8 Å². The van der Waals surface area contributed by atoms with Crippen LogP contribution in [0.1, 0.15) is 16.1 Å². The van der Waals surface area contributed by atoms with Crippen molar-refractivity contribution in [3.63, 3.8) is 0 Å². The van der Waals surface area contributed by atoms with Crippen molar-refractivity contribution in [2.75, 3.05) is 32.5 Å². The summed E-state index contributed by atoms with van der Waals surface area (Å²) in [5.41, 5.74) is 3.56. The van der Waals surface area contributed by atoms with Crippen LogP contribution in [0, 0.1) is 0 Å². The molecule has 12 heteroatoms. The molecule has 0 fully saturated rings. The molecular formula is C23H27F3N6O3. The Morgan fingerprint density at radius 2 is 1.69 bits per heavy atom. The number of halogens is 3. The van der Waals surface area contributed by atoms with Gasteiger partial charge in [-0.1, -0.05) is 30.3 Å². The standard InChI is InChI=1S/C21H26N6O.C2HF3O2/c1-26(2)10-9-22-20(28)19-11-17(15-27(19)3)18-13-24-21(25-14-18)23-12-16-7-5-4-6-8-16;3-2(4,5)1(6)7/h4-8,11,13-15H,9-10,12H2,1-3H3,(H,22,28)(H,23,24,25);(H,6,7). The number of aliphatic carboxylic acids is 1. The average molecular weight is 493 g/mol. The zero-order valence-electron chi connectivity index (χ0n) is 19.5. The van der Waals surface area contributed by atoms with E-state index in [0.29, 0.717) is 24.7 Å². The second-order valence-electron chi connectivity index (χ2n) is 7.72. The lowest BCUT2D eigenvalue weighted by molar-refractivity contribution is -0.192. The number of alkyl halides is 3. The molecule has 0 radical (unpaired) electrons. The van der Waals surface area contributed by atoms with Crippen LogP contribution in [0.2, 0.25) is 0 Å². The molecule has 0 bridgehead atoms. The molecule has 0 aliphatic heterocycles. The van der Waals surface area contributed by atoms with Crippen LogP contribution in [0.4, 0.5) is 19.1 Å². The number of rotatable bonds is 8. The highest BCUT2D eigenvalue weighted by molar-refractivity contribution is 5.94. The van der Waals surface area contributed by atoms with Crippen LogP contribution >= 0.6 is 0 Å². The second kappa shape index (κ2) is 12.5. The van der Waals surface area contributed by atoms with Crippen molar-refractivity contribution in [3.8, 4) is 11.1 Å². The van der Waals surface area contributed by atoms with Crippen molar-refractivity contribution in [2.45, 2.75) is 12.7 Å². The fourth-order valence-corrected chi connectivity index (χ4v) is 2.78. The third-order valence-electron chi connectivity index (χ3n) is 4.60. The number of aryl methyl sites for hydroxylation is 1. The first-order valence-corrected chi connectivity index (χ1v) is 10.5. The second-order valence-corrected chi connectivity index (χ2v) is 7.72. The van der Waals surface area contributed by atoms with E-state index in [0.717, 1.165) is 17.7 Å². The number of nitrogens with one attached hydrogen (secondary N) is 2. The Labute approximate surface area is 200 Å². The van der Waals surface area contributed by atoms with Gasteiger partial charge in [-0.05, 0) is 25.7 Å². The molecule has 0 aliphatic rings. The molecule has 0 unspecified atom stereocenters. The van der Waals surface area contributed by atoms with Gasteiger partial charge in [0, 0.05) is 56.4 Å². The molecular weight excluding hydrogens is 465 g/mol. The number of likely N-dealkylation sites (N-methyl/N-ethyl adjacent to an activating group) is 1. The van der Waals surface area contributed by atoms with Crippen LogP contribution in [0.15, 0.2) is 55.0 Å². The van der Waals surface area contributed by atoms with Gasteiger partial charge >= 0.3 is 12.1 Å². The van der Waals surface area contributed by atoms with Gasteiger partial charge in [-0.25, -0.2) is 14.8 Å². The Balaban J connectivity index is 0.000000540. The number of carboxylic acid groups (broad SMARTS) is 1. The van der Waals surface area contributed by atoms with Crippen LogP contribution in [0.3, 0.4) is 0 Å². The van der Waals surface area contributed by atoms with Crippen molar-refractivity contribution in [2.24, 2.45) is 7.05 Å². The number of anilines is 1. The number of nitrogens with zero attached hydrogens (tertiary/aromatic N) is 4. The predicted octanol–water partition coefficient (Wildman–Crippen LogP) is 3.02. The zero-order valence-corrected chi connectivity index (χ0v) is 19.5. The molecule has 2 aromatic heterocycles. The van der Waals surface area contributed by atoms with Gasteiger partial charge in [0.1, 0.15) is 5.69 Å². The van der Waals surface area contributed by atoms with Crippen molar-refractivity contribution < 1.29 is 27.9 Å². The third kappa shape index (κ3) is 9.08. The van der Waals surface area contributed by atoms with Crippen molar-refractivity contribution in [1.29, 1.82) is 0 Å². The summed E-state index contributed by atoms with van der Waals surface area (Å²) in [6.45, 7) is 2.08. The molecule has 188 valence electrons. The minimum Gasteiger partial charge on any atom is -0.475 e. The summed E-state index contributed by atoms with van der Waals surface area (Å²) < 4.78 is 33.6. The largest absolute Gasteiger partial charge is 0.490 e. The summed E-state index contributed by atoms with van der Waals surface area (Å²) >= 11 is 0. The number of hydrogen-bond donors (Lipinski definition) is 3. The molecule has 0 spiro atoms. The highest BCUT2D eigenvalue weighted by Crippen LogP contribution is 2.21. The summed E-state index contributed by atoms with van der Waals surface area (Å²) in [6, 6.07) is 12.0. The monoisotopic (exact) mass is 492 g/mol. The molecule has 2 heterocycles. The van der Waals surface area contributed by atoms with Crippen molar-refractivity contribution in [3.05, 3.63) is 66.2 Å². The highest BCUT2D eigenvalue weighted by atomic mass is 19.4. The van der Waals surface area contributed by atoms with Crippen LogP contribution in [-0.4, -0.2) is 69.8 Å². The molecule has 3 N–H and O–H groups in total. The van der Waals surface area contributed by atoms with Gasteiger partial charge in [-0.2, -0.15) is 13.2 Å². The normalized spacial score (nSPS) is 10.9. The maximum atomic E-state index is 12.4. The molecule has 3 aromatic rings. The van der Waals surface area contributed by atoms with E-state index in [1.54, 1.807) is 12.4 Å². The fraction of sp³-hybridized carbons (Fsp3) is 0.304. The maximum absolute atomic E-state index is 12.4. The number of amides is 1. The lowest BCUT2D eigenvalue weighted by atomic mass is 10.2. The van der Waals surface area contributed by atoms with E-state index in [-0.39, 0.29) is 5.91 Å². The first-order valence-electron chi connectivity index (χ1n) is 10.5. The van der Waals surface area contributed by atoms with E-state index in [1.165, 1.54) is 5.56 Å². The summed E-state index contributed by atoms with van der Waals surface area (Å²) in [5.74, 6) is -2.27. The Morgan fingerprint density at radius 1 is 1.09 bits per heavy atom. The van der Waals surface area contributed by atoms with Crippen LogP contribution in [-0.2, 0) is 18.4 Å². The van der Waals surface area contributed by atoms with Gasteiger partial charge in [0.05, 0.1) is 0 Å². The number of carboxylic acids is 1. The molecule has 3 rings (SSSR count). The topological polar surface area (TPSA) is 112 Å². The van der Waals surface area contributed by atoms with Gasteiger partial charge in [0.15, 0.2) is 0 Å². The number of benzene rings is 1. The fourth-order valence-electron chi connectivity index (χ4n) is 2.78. The van der Waals surface area contributed by atoms with Gasteiger partial charge in [0.25, 0.3) is 5.91 Å². The van der Waals surface area contributed by atoms with E-state index >= 15 is 0 Å². The highest BCUT2D eigenvalue weighted by Gasteiger charge is 2.38. The summed E-state index contributed by atoms with van der Waals surface area (Å²) in [5, 5.41) is 13.3. The molecule has 0 saturated heterocycles. The van der Waals surface area contributed by atoms with E-state index in [1.807, 2.05) is 61.1 Å². The molecule has 35 heavy (non-hydrogen) atoms. The quantitative estimate of drug-likeness (QED) is 0.443. The summed E-state index contributed by atoms with van der Waals surface area (Å²) in [4.78, 5) is 32.1. The number of aromatic nitrogens is 3. The molecule has 9 nitrogen and oxygen atoms in total. The van der Waals surface area contributed by atoms with E-state index in [2.05, 4.69) is 32.7 Å². The van der Waals surface area contributed by atoms with Crippen molar-refractivity contribution >= 4 is 17.8 Å². The lowest BCUT2D eigenvalue weighted by Gasteiger charge is -2.10. The zero-order chi connectivity index (χ0) is 26.0. The average Bonchev–Trinajstić information content (AvgIpc) is 3.20. The van der Waals surface area contributed by atoms with E-state index < -0.39 is 12.1 Å². The number of carbonyl (C=O) groups excluding carboxylic acids is 1. The Morgan fingerprint density at radius 3 is 2.23 bits per heavy atom. The molecule has 0 aliphatic carbocycles. The Hall–Kier alpha value is -3.93.